The molecule has 0 fully saturated rings. The average molecular weight is 466 g/mol. The zero-order chi connectivity index (χ0) is 23.1. The first kappa shape index (κ1) is 21.1. The van der Waals surface area contributed by atoms with Gasteiger partial charge in [0, 0.05) is 0 Å². The van der Waals surface area contributed by atoms with Gasteiger partial charge in [-0.2, -0.15) is 0 Å². The van der Waals surface area contributed by atoms with E-state index in [4.69, 9.17) is 4.74 Å². The Hall–Kier alpha value is -3.72. The SMILES string of the molecule is Cc1ccc2c(c1)N(C(=O)Cn1c(=O)n(Cc3ccc(F)cc3)c(=O)c3sccc31)CCO2. The fourth-order valence-corrected chi connectivity index (χ4v) is 4.85. The topological polar surface area (TPSA) is 73.5 Å². The van der Waals surface area contributed by atoms with E-state index in [-0.39, 0.29) is 19.0 Å². The van der Waals surface area contributed by atoms with Crippen LogP contribution in [0.4, 0.5) is 10.1 Å². The van der Waals surface area contributed by atoms with E-state index in [0.29, 0.717) is 40.4 Å². The molecule has 2 aromatic carbocycles. The largest absolute Gasteiger partial charge is 0.490 e. The van der Waals surface area contributed by atoms with Gasteiger partial charge in [-0.3, -0.25) is 18.7 Å². The second-order valence-corrected chi connectivity index (χ2v) is 8.80. The molecule has 168 valence electrons. The Labute approximate surface area is 191 Å². The van der Waals surface area contributed by atoms with Gasteiger partial charge in [-0.25, -0.2) is 9.18 Å². The number of amides is 1. The van der Waals surface area contributed by atoms with E-state index in [0.717, 1.165) is 10.1 Å². The summed E-state index contributed by atoms with van der Waals surface area (Å²) in [7, 11) is 0. The predicted molar refractivity (Wildman–Crippen MR) is 125 cm³/mol. The molecule has 33 heavy (non-hydrogen) atoms. The number of hydrogen-bond donors (Lipinski definition) is 0. The first-order valence-electron chi connectivity index (χ1n) is 10.4. The fourth-order valence-electron chi connectivity index (χ4n) is 4.01. The van der Waals surface area contributed by atoms with Gasteiger partial charge in [-0.1, -0.05) is 18.2 Å². The summed E-state index contributed by atoms with van der Waals surface area (Å²) in [6, 6.07) is 12.9. The van der Waals surface area contributed by atoms with E-state index < -0.39 is 17.1 Å². The molecule has 0 atom stereocenters. The van der Waals surface area contributed by atoms with E-state index >= 15 is 0 Å². The van der Waals surface area contributed by atoms with Crippen LogP contribution in [0.5, 0.6) is 5.75 Å². The first-order chi connectivity index (χ1) is 15.9. The number of carbonyl (C=O) groups excluding carboxylic acids is 1. The van der Waals surface area contributed by atoms with Crippen LogP contribution in [-0.2, 0) is 17.9 Å². The highest BCUT2D eigenvalue weighted by molar-refractivity contribution is 7.17. The second-order valence-electron chi connectivity index (χ2n) is 7.89. The van der Waals surface area contributed by atoms with Crippen LogP contribution < -0.4 is 20.9 Å². The molecule has 0 radical (unpaired) electrons. The van der Waals surface area contributed by atoms with Crippen LogP contribution in [0.1, 0.15) is 11.1 Å². The number of aromatic nitrogens is 2. The number of fused-ring (bicyclic) bond motifs is 2. The number of ether oxygens (including phenoxy) is 1. The lowest BCUT2D eigenvalue weighted by atomic mass is 10.1. The fraction of sp³-hybridized carbons (Fsp3) is 0.208. The predicted octanol–water partition coefficient (Wildman–Crippen LogP) is 3.15. The molecule has 2 aromatic heterocycles. The molecule has 9 heteroatoms. The standard InChI is InChI=1S/C24H20FN3O4S/c1-15-2-7-20-19(12-15)26(9-10-32-20)21(29)14-27-18-8-11-33-22(18)23(30)28(24(27)31)13-16-3-5-17(25)6-4-16/h2-8,11-12H,9-10,13-14H2,1H3. The van der Waals surface area contributed by atoms with Crippen LogP contribution in [0.3, 0.4) is 0 Å². The Bertz CT molecular complexity index is 1490. The van der Waals surface area contributed by atoms with Crippen molar-refractivity contribution in [2.45, 2.75) is 20.0 Å². The van der Waals surface area contributed by atoms with Crippen molar-refractivity contribution in [3.8, 4) is 5.75 Å². The molecule has 4 aromatic rings. The van der Waals surface area contributed by atoms with Gasteiger partial charge in [-0.05, 0) is 53.8 Å². The molecule has 7 nitrogen and oxygen atoms in total. The van der Waals surface area contributed by atoms with Gasteiger partial charge >= 0.3 is 5.69 Å². The second kappa shape index (κ2) is 8.32. The minimum absolute atomic E-state index is 0.0143. The number of benzene rings is 2. The summed E-state index contributed by atoms with van der Waals surface area (Å²) in [4.78, 5) is 41.3. The molecule has 1 aliphatic rings. The Morgan fingerprint density at radius 2 is 1.88 bits per heavy atom. The summed E-state index contributed by atoms with van der Waals surface area (Å²) in [6.45, 7) is 2.42. The molecule has 0 bridgehead atoms. The molecule has 0 saturated heterocycles. The van der Waals surface area contributed by atoms with Crippen molar-refractivity contribution >= 4 is 33.1 Å². The molecule has 1 amide bonds. The van der Waals surface area contributed by atoms with Crippen LogP contribution in [0.25, 0.3) is 10.2 Å². The Morgan fingerprint density at radius 3 is 2.67 bits per heavy atom. The maximum atomic E-state index is 13.4. The molecular weight excluding hydrogens is 445 g/mol. The summed E-state index contributed by atoms with van der Waals surface area (Å²) >= 11 is 1.22. The van der Waals surface area contributed by atoms with Crippen LogP contribution in [0.15, 0.2) is 63.5 Å². The summed E-state index contributed by atoms with van der Waals surface area (Å²) in [5, 5.41) is 1.72. The molecule has 0 spiro atoms. The number of carbonyl (C=O) groups is 1. The van der Waals surface area contributed by atoms with Crippen molar-refractivity contribution in [2.75, 3.05) is 18.1 Å². The van der Waals surface area contributed by atoms with E-state index in [1.54, 1.807) is 16.3 Å². The van der Waals surface area contributed by atoms with E-state index in [9.17, 15) is 18.8 Å². The van der Waals surface area contributed by atoms with E-state index in [1.165, 1.54) is 40.2 Å². The van der Waals surface area contributed by atoms with Crippen molar-refractivity contribution in [3.05, 3.63) is 91.7 Å². The van der Waals surface area contributed by atoms with Crippen molar-refractivity contribution in [3.63, 3.8) is 0 Å². The quantitative estimate of drug-likeness (QED) is 0.464. The Morgan fingerprint density at radius 1 is 1.09 bits per heavy atom. The van der Waals surface area contributed by atoms with Gasteiger partial charge < -0.3 is 9.64 Å². The van der Waals surface area contributed by atoms with Gasteiger partial charge in [0.25, 0.3) is 5.56 Å². The lowest BCUT2D eigenvalue weighted by Crippen LogP contribution is -2.45. The average Bonchev–Trinajstić information content (AvgIpc) is 3.30. The number of nitrogens with zero attached hydrogens (tertiary/aromatic N) is 3. The van der Waals surface area contributed by atoms with Crippen molar-refractivity contribution in [2.24, 2.45) is 0 Å². The monoisotopic (exact) mass is 465 g/mol. The first-order valence-corrected chi connectivity index (χ1v) is 11.3. The van der Waals surface area contributed by atoms with Gasteiger partial charge in [0.15, 0.2) is 0 Å². The molecule has 0 saturated carbocycles. The van der Waals surface area contributed by atoms with Gasteiger partial charge in [0.1, 0.15) is 29.4 Å². The molecule has 5 rings (SSSR count). The zero-order valence-corrected chi connectivity index (χ0v) is 18.6. The number of anilines is 1. The maximum absolute atomic E-state index is 13.4. The Kier molecular flexibility index (Phi) is 5.33. The smallest absolute Gasteiger partial charge is 0.332 e. The summed E-state index contributed by atoms with van der Waals surface area (Å²) in [6.07, 6.45) is 0. The maximum Gasteiger partial charge on any atom is 0.332 e. The lowest BCUT2D eigenvalue weighted by molar-refractivity contribution is -0.119. The van der Waals surface area contributed by atoms with Crippen molar-refractivity contribution < 1.29 is 13.9 Å². The molecule has 0 aliphatic carbocycles. The normalized spacial score (nSPS) is 13.1. The number of halogens is 1. The molecular formula is C24H20FN3O4S. The van der Waals surface area contributed by atoms with Crippen LogP contribution >= 0.6 is 11.3 Å². The van der Waals surface area contributed by atoms with Crippen LogP contribution in [0.2, 0.25) is 0 Å². The minimum Gasteiger partial charge on any atom is -0.490 e. The zero-order valence-electron chi connectivity index (χ0n) is 17.8. The summed E-state index contributed by atoms with van der Waals surface area (Å²) < 4.78 is 21.8. The molecule has 3 heterocycles. The third kappa shape index (κ3) is 3.84. The van der Waals surface area contributed by atoms with E-state index in [1.807, 2.05) is 25.1 Å². The molecule has 1 aliphatic heterocycles. The molecule has 0 N–H and O–H groups in total. The van der Waals surface area contributed by atoms with Gasteiger partial charge in [0.2, 0.25) is 5.91 Å². The number of rotatable bonds is 4. The number of thiophene rings is 1. The van der Waals surface area contributed by atoms with Gasteiger partial charge in [-0.15, -0.1) is 11.3 Å². The molecule has 0 unspecified atom stereocenters. The lowest BCUT2D eigenvalue weighted by Gasteiger charge is -2.30. The Balaban J connectivity index is 1.55. The van der Waals surface area contributed by atoms with Crippen molar-refractivity contribution in [1.82, 2.24) is 9.13 Å². The van der Waals surface area contributed by atoms with Crippen LogP contribution in [0, 0.1) is 12.7 Å². The van der Waals surface area contributed by atoms with E-state index in [2.05, 4.69) is 0 Å². The highest BCUT2D eigenvalue weighted by Gasteiger charge is 2.25. The number of aryl methyl sites for hydroxylation is 1. The third-order valence-electron chi connectivity index (χ3n) is 5.66. The van der Waals surface area contributed by atoms with Crippen LogP contribution in [-0.4, -0.2) is 28.2 Å². The third-order valence-corrected chi connectivity index (χ3v) is 6.55. The van der Waals surface area contributed by atoms with Crippen molar-refractivity contribution in [1.29, 1.82) is 0 Å². The van der Waals surface area contributed by atoms with Gasteiger partial charge in [0.05, 0.1) is 24.3 Å². The highest BCUT2D eigenvalue weighted by Crippen LogP contribution is 2.32. The summed E-state index contributed by atoms with van der Waals surface area (Å²) in [5.74, 6) is -0.0509. The highest BCUT2D eigenvalue weighted by atomic mass is 32.1. The minimum atomic E-state index is -0.582. The number of hydrogen-bond acceptors (Lipinski definition) is 5. The summed E-state index contributed by atoms with van der Waals surface area (Å²) in [5.41, 5.74) is 1.69.